The average Bonchev–Trinajstić information content (AvgIpc) is 3.22. The van der Waals surface area contributed by atoms with Gasteiger partial charge < -0.3 is 18.8 Å². The van der Waals surface area contributed by atoms with Gasteiger partial charge in [0.2, 0.25) is 5.91 Å². The van der Waals surface area contributed by atoms with Crippen LogP contribution in [0.1, 0.15) is 51.3 Å². The molecule has 1 aromatic carbocycles. The predicted octanol–water partition coefficient (Wildman–Crippen LogP) is 6.70. The summed E-state index contributed by atoms with van der Waals surface area (Å²) in [4.78, 5) is 28.8. The summed E-state index contributed by atoms with van der Waals surface area (Å²) in [7, 11) is 0.944. The monoisotopic (exact) mass is 752 g/mol. The molecule has 0 unspecified atom stereocenters. The highest BCUT2D eigenvalue weighted by molar-refractivity contribution is 14.2. The molecule has 4 rings (SSSR count). The average molecular weight is 753 g/mol. The van der Waals surface area contributed by atoms with E-state index in [2.05, 4.69) is 83.9 Å². The number of amides is 1. The third-order valence-corrected chi connectivity index (χ3v) is 14.0. The van der Waals surface area contributed by atoms with Gasteiger partial charge in [0, 0.05) is 17.6 Å². The highest BCUT2D eigenvalue weighted by atomic mass is 127. The number of carbonyl (C=O) groups excluding carboxylic acids is 2. The summed E-state index contributed by atoms with van der Waals surface area (Å²) >= 11 is 4.93. The maximum Gasteiger partial charge on any atom is 0.418 e. The lowest BCUT2D eigenvalue weighted by Crippen LogP contribution is -2.57. The minimum absolute atomic E-state index is 0.0455. The van der Waals surface area contributed by atoms with E-state index in [9.17, 15) is 9.59 Å². The van der Waals surface area contributed by atoms with E-state index in [1.165, 1.54) is 7.11 Å². The maximum absolute atomic E-state index is 13.6. The van der Waals surface area contributed by atoms with Crippen molar-refractivity contribution >= 4 is 76.4 Å². The van der Waals surface area contributed by atoms with E-state index in [1.54, 1.807) is 11.7 Å². The molecule has 1 fully saturated rings. The first kappa shape index (κ1) is 29.1. The molecule has 1 aromatic heterocycles. The molecule has 2 aliphatic rings. The predicted molar refractivity (Wildman–Crippen MR) is 166 cm³/mol. The Morgan fingerprint density at radius 2 is 1.92 bits per heavy atom. The van der Waals surface area contributed by atoms with Gasteiger partial charge in [0.15, 0.2) is 8.32 Å². The molecule has 0 aliphatic carbocycles. The Morgan fingerprint density at radius 3 is 2.51 bits per heavy atom. The molecule has 2 aliphatic heterocycles. The zero-order valence-electron chi connectivity index (χ0n) is 22.8. The number of rotatable bonds is 5. The first-order valence-electron chi connectivity index (χ1n) is 12.8. The summed E-state index contributed by atoms with van der Waals surface area (Å²) in [6, 6.07) is 5.79. The molecule has 2 aromatic rings. The van der Waals surface area contributed by atoms with Crippen molar-refractivity contribution in [1.82, 2.24) is 9.47 Å². The molecule has 2 atom stereocenters. The number of methoxy groups -OCH3 is 2. The zero-order chi connectivity index (χ0) is 27.3. The van der Waals surface area contributed by atoms with E-state index in [1.807, 2.05) is 18.2 Å². The van der Waals surface area contributed by atoms with Crippen molar-refractivity contribution in [1.29, 1.82) is 0 Å². The molecule has 7 nitrogen and oxygen atoms in total. The Morgan fingerprint density at radius 1 is 1.22 bits per heavy atom. The molecule has 0 saturated carbocycles. The van der Waals surface area contributed by atoms with Crippen LogP contribution in [-0.2, 0) is 26.8 Å². The third kappa shape index (κ3) is 5.20. The van der Waals surface area contributed by atoms with E-state index >= 15 is 0 Å². The quantitative estimate of drug-likeness (QED) is 0.193. The summed E-state index contributed by atoms with van der Waals surface area (Å²) in [6.07, 6.45) is 2.77. The van der Waals surface area contributed by atoms with Crippen molar-refractivity contribution in [2.75, 3.05) is 20.8 Å². The second-order valence-corrected chi connectivity index (χ2v) is 21.8. The lowest BCUT2D eigenvalue weighted by atomic mass is 9.82. The van der Waals surface area contributed by atoms with Gasteiger partial charge >= 0.3 is 6.09 Å². The number of halogens is 2. The number of hydrogen-bond acceptors (Lipinski definition) is 5. The van der Waals surface area contributed by atoms with Crippen molar-refractivity contribution in [3.63, 3.8) is 0 Å². The molecule has 0 radical (unpaired) electrons. The lowest BCUT2D eigenvalue weighted by molar-refractivity contribution is -0.131. The SMILES string of the molecule is COC(=O)n1c2c(c3cc(OC)ccc31)CCN1C(=O)C[C@H](O[Si](C)(C)C(C)(C)C)[C@]1(CC(I)I)CC2. The van der Waals surface area contributed by atoms with Gasteiger partial charge in [-0.2, -0.15) is 0 Å². The largest absolute Gasteiger partial charge is 0.497 e. The maximum atomic E-state index is 13.6. The number of alkyl halides is 2. The molecule has 1 amide bonds. The number of fused-ring (bicyclic) bond motifs is 4. The smallest absolute Gasteiger partial charge is 0.418 e. The van der Waals surface area contributed by atoms with E-state index in [0.29, 0.717) is 27.7 Å². The van der Waals surface area contributed by atoms with Crippen LogP contribution in [0, 0.1) is 0 Å². The number of carbonyl (C=O) groups is 2. The third-order valence-electron chi connectivity index (χ3n) is 8.67. The molecule has 0 N–H and O–H groups in total. The zero-order valence-corrected chi connectivity index (χ0v) is 28.1. The standard InChI is InChI=1S/C27H38I2N2O5Si/c1-26(2,3)37(6,7)36-22-15-24(32)30-13-11-18-19-14-17(34-4)8-9-20(19)31(25(33)35-5)21(18)10-12-27(22,30)16-23(28)29/h8-9,14,22-23H,10-13,15-16H2,1-7H3/t22-,27+/m0/s1. The second kappa shape index (κ2) is 10.6. The summed E-state index contributed by atoms with van der Waals surface area (Å²) in [5, 5.41) is 1.03. The van der Waals surface area contributed by atoms with Crippen LogP contribution in [0.25, 0.3) is 10.9 Å². The summed E-state index contributed by atoms with van der Waals surface area (Å²) in [6.45, 7) is 11.9. The van der Waals surface area contributed by atoms with Crippen LogP contribution in [0.2, 0.25) is 18.1 Å². The topological polar surface area (TPSA) is 70.0 Å². The first-order valence-corrected chi connectivity index (χ1v) is 18.2. The Labute approximate surface area is 248 Å². The number of hydrogen-bond donors (Lipinski definition) is 0. The fraction of sp³-hybridized carbons (Fsp3) is 0.630. The van der Waals surface area contributed by atoms with Gasteiger partial charge in [-0.3, -0.25) is 4.79 Å². The fourth-order valence-corrected chi connectivity index (χ4v) is 8.63. The van der Waals surface area contributed by atoms with Crippen LogP contribution in [0.5, 0.6) is 5.75 Å². The highest BCUT2D eigenvalue weighted by Gasteiger charge is 2.56. The van der Waals surface area contributed by atoms with Crippen molar-refractivity contribution < 1.29 is 23.5 Å². The van der Waals surface area contributed by atoms with E-state index in [0.717, 1.165) is 40.8 Å². The number of aromatic nitrogens is 1. The molecule has 204 valence electrons. The first-order chi connectivity index (χ1) is 17.3. The van der Waals surface area contributed by atoms with Gasteiger partial charge in [0.25, 0.3) is 0 Å². The molecular weight excluding hydrogens is 714 g/mol. The molecule has 10 heteroatoms. The van der Waals surface area contributed by atoms with Crippen molar-refractivity contribution in [3.8, 4) is 5.75 Å². The minimum atomic E-state index is -2.12. The van der Waals surface area contributed by atoms with E-state index in [4.69, 9.17) is 13.9 Å². The van der Waals surface area contributed by atoms with Crippen molar-refractivity contribution in [2.24, 2.45) is 0 Å². The summed E-state index contributed by atoms with van der Waals surface area (Å²) in [5.41, 5.74) is 2.47. The molecule has 0 spiro atoms. The molecule has 1 saturated heterocycles. The van der Waals surface area contributed by atoms with Gasteiger partial charge in [0.05, 0.1) is 39.7 Å². The van der Waals surface area contributed by atoms with Gasteiger partial charge in [-0.05, 0) is 67.6 Å². The second-order valence-electron chi connectivity index (χ2n) is 11.7. The molecule has 3 heterocycles. The van der Waals surface area contributed by atoms with E-state index < -0.39 is 13.9 Å². The fourth-order valence-electron chi connectivity index (χ4n) is 5.73. The van der Waals surface area contributed by atoms with Crippen molar-refractivity contribution in [3.05, 3.63) is 29.5 Å². The van der Waals surface area contributed by atoms with Crippen LogP contribution in [0.15, 0.2) is 18.2 Å². The van der Waals surface area contributed by atoms with E-state index in [-0.39, 0.29) is 23.1 Å². The minimum Gasteiger partial charge on any atom is -0.497 e. The number of ether oxygens (including phenoxy) is 2. The van der Waals surface area contributed by atoms with Crippen LogP contribution < -0.4 is 4.74 Å². The van der Waals surface area contributed by atoms with Gasteiger partial charge in [0.1, 0.15) is 5.75 Å². The van der Waals surface area contributed by atoms with Gasteiger partial charge in [-0.15, -0.1) is 0 Å². The summed E-state index contributed by atoms with van der Waals surface area (Å²) in [5.74, 6) is 0.918. The molecular formula is C27H38I2N2O5Si. The van der Waals surface area contributed by atoms with Crippen LogP contribution in [0.3, 0.4) is 0 Å². The van der Waals surface area contributed by atoms with Crippen LogP contribution in [0.4, 0.5) is 4.79 Å². The molecule has 37 heavy (non-hydrogen) atoms. The lowest BCUT2D eigenvalue weighted by Gasteiger charge is -2.48. The Kier molecular flexibility index (Phi) is 8.35. The normalized spacial score (nSPS) is 22.6. The Balaban J connectivity index is 1.84. The van der Waals surface area contributed by atoms with Gasteiger partial charge in [-0.25, -0.2) is 9.36 Å². The van der Waals surface area contributed by atoms with Gasteiger partial charge in [-0.1, -0.05) is 66.0 Å². The van der Waals surface area contributed by atoms with Crippen molar-refractivity contribution in [2.45, 2.75) is 84.6 Å². The Bertz CT molecular complexity index is 1210. The summed E-state index contributed by atoms with van der Waals surface area (Å²) < 4.78 is 19.8. The Hall–Kier alpha value is -0.863. The number of nitrogens with zero attached hydrogens (tertiary/aromatic N) is 2. The molecule has 0 bridgehead atoms. The highest BCUT2D eigenvalue weighted by Crippen LogP contribution is 2.48. The van der Waals surface area contributed by atoms with Crippen LogP contribution >= 0.6 is 45.2 Å². The van der Waals surface area contributed by atoms with Crippen LogP contribution in [-0.4, -0.2) is 64.1 Å². The number of benzene rings is 1.